The van der Waals surface area contributed by atoms with Crippen molar-refractivity contribution in [3.63, 3.8) is 0 Å². The Labute approximate surface area is 140 Å². The van der Waals surface area contributed by atoms with E-state index in [1.165, 1.54) is 41.7 Å². The summed E-state index contributed by atoms with van der Waals surface area (Å²) in [7, 11) is -2.13. The van der Waals surface area contributed by atoms with E-state index in [2.05, 4.69) is 0 Å². The van der Waals surface area contributed by atoms with Crippen molar-refractivity contribution >= 4 is 21.6 Å². The number of ether oxygens (including phenoxy) is 1. The molecule has 23 heavy (non-hydrogen) atoms. The molecule has 0 unspecified atom stereocenters. The van der Waals surface area contributed by atoms with Gasteiger partial charge < -0.3 is 4.74 Å². The van der Waals surface area contributed by atoms with Crippen LogP contribution in [0.2, 0.25) is 5.02 Å². The molecule has 0 radical (unpaired) electrons. The van der Waals surface area contributed by atoms with Crippen LogP contribution in [-0.2, 0) is 10.0 Å². The monoisotopic (exact) mass is 357 g/mol. The summed E-state index contributed by atoms with van der Waals surface area (Å²) in [5, 5.41) is 0.196. The molecule has 2 aromatic rings. The number of benzene rings is 2. The molecule has 0 aliphatic carbocycles. The zero-order valence-electron chi connectivity index (χ0n) is 12.6. The lowest BCUT2D eigenvalue weighted by atomic mass is 10.3. The summed E-state index contributed by atoms with van der Waals surface area (Å²) in [6.45, 7) is 0.614. The van der Waals surface area contributed by atoms with Crippen molar-refractivity contribution in [3.8, 4) is 5.75 Å². The minimum Gasteiger partial charge on any atom is -0.494 e. The van der Waals surface area contributed by atoms with Gasteiger partial charge in [-0.25, -0.2) is 17.1 Å². The number of hydrogen-bond donors (Lipinski definition) is 0. The molecule has 124 valence electrons. The van der Waals surface area contributed by atoms with E-state index >= 15 is 0 Å². The average Bonchev–Trinajstić information content (AvgIpc) is 2.53. The summed E-state index contributed by atoms with van der Waals surface area (Å²) in [6, 6.07) is 12.0. The maximum atomic E-state index is 12.8. The van der Waals surface area contributed by atoms with Crippen molar-refractivity contribution in [1.82, 2.24) is 4.31 Å². The molecule has 0 aliphatic rings. The third-order valence-corrected chi connectivity index (χ3v) is 5.58. The Morgan fingerprint density at radius 3 is 2.43 bits per heavy atom. The van der Waals surface area contributed by atoms with E-state index in [1.54, 1.807) is 18.2 Å². The van der Waals surface area contributed by atoms with Gasteiger partial charge in [-0.05, 0) is 42.8 Å². The van der Waals surface area contributed by atoms with Crippen molar-refractivity contribution in [2.24, 2.45) is 0 Å². The summed E-state index contributed by atoms with van der Waals surface area (Å²) in [5.74, 6) is 0.214. The molecule has 0 atom stereocenters. The number of halogens is 2. The fraction of sp³-hybridized carbons (Fsp3) is 0.250. The predicted octanol–water partition coefficient (Wildman–Crippen LogP) is 3.57. The topological polar surface area (TPSA) is 46.6 Å². The second kappa shape index (κ2) is 7.77. The third kappa shape index (κ3) is 4.67. The van der Waals surface area contributed by atoms with Gasteiger partial charge in [-0.2, -0.15) is 0 Å². The van der Waals surface area contributed by atoms with Crippen LogP contribution in [0.5, 0.6) is 5.75 Å². The molecule has 0 saturated carbocycles. The Bertz CT molecular complexity index is 750. The van der Waals surface area contributed by atoms with Crippen molar-refractivity contribution in [1.29, 1.82) is 0 Å². The maximum absolute atomic E-state index is 12.8. The van der Waals surface area contributed by atoms with Crippen molar-refractivity contribution < 1.29 is 17.5 Å². The van der Waals surface area contributed by atoms with E-state index in [1.807, 2.05) is 0 Å². The van der Waals surface area contributed by atoms with E-state index in [0.29, 0.717) is 18.8 Å². The minimum absolute atomic E-state index is 0.0867. The van der Waals surface area contributed by atoms with Crippen molar-refractivity contribution in [2.45, 2.75) is 11.3 Å². The van der Waals surface area contributed by atoms with Crippen LogP contribution in [0, 0.1) is 5.82 Å². The zero-order chi connectivity index (χ0) is 16.9. The lowest BCUT2D eigenvalue weighted by Gasteiger charge is -2.18. The summed E-state index contributed by atoms with van der Waals surface area (Å²) >= 11 is 5.95. The molecule has 0 fully saturated rings. The first-order valence-corrected chi connectivity index (χ1v) is 8.82. The number of hydrogen-bond acceptors (Lipinski definition) is 3. The Kier molecular flexibility index (Phi) is 5.98. The largest absolute Gasteiger partial charge is 0.494 e. The summed E-state index contributed by atoms with van der Waals surface area (Å²) in [4.78, 5) is 0.0867. The molecule has 4 nitrogen and oxygen atoms in total. The first-order chi connectivity index (χ1) is 10.9. The van der Waals surface area contributed by atoms with Gasteiger partial charge in [0.05, 0.1) is 11.6 Å². The fourth-order valence-corrected chi connectivity index (χ4v) is 3.65. The highest BCUT2D eigenvalue weighted by Gasteiger charge is 2.22. The molecule has 0 aliphatic heterocycles. The fourth-order valence-electron chi connectivity index (χ4n) is 1.95. The van der Waals surface area contributed by atoms with Crippen molar-refractivity contribution in [2.75, 3.05) is 20.2 Å². The van der Waals surface area contributed by atoms with Crippen LogP contribution in [0.4, 0.5) is 4.39 Å². The molecule has 0 N–H and O–H groups in total. The Hall–Kier alpha value is -1.63. The van der Waals surface area contributed by atoms with Gasteiger partial charge in [-0.3, -0.25) is 0 Å². The standard InChI is InChI=1S/C16H17ClFNO3S/c1-19(23(20,21)16-6-3-2-5-15(16)17)11-4-12-22-14-9-7-13(18)8-10-14/h2-3,5-10H,4,11-12H2,1H3. The van der Waals surface area contributed by atoms with Gasteiger partial charge in [0.1, 0.15) is 16.5 Å². The quantitative estimate of drug-likeness (QED) is 0.712. The van der Waals surface area contributed by atoms with Gasteiger partial charge >= 0.3 is 0 Å². The lowest BCUT2D eigenvalue weighted by molar-refractivity contribution is 0.296. The Morgan fingerprint density at radius 1 is 1.13 bits per heavy atom. The van der Waals surface area contributed by atoms with Crippen LogP contribution < -0.4 is 4.74 Å². The number of sulfonamides is 1. The van der Waals surface area contributed by atoms with E-state index < -0.39 is 10.0 Å². The first kappa shape index (κ1) is 17.7. The molecule has 7 heteroatoms. The first-order valence-electron chi connectivity index (χ1n) is 7.00. The maximum Gasteiger partial charge on any atom is 0.244 e. The molecule has 0 spiro atoms. The highest BCUT2D eigenvalue weighted by atomic mass is 35.5. The second-order valence-electron chi connectivity index (χ2n) is 4.91. The smallest absolute Gasteiger partial charge is 0.244 e. The van der Waals surface area contributed by atoms with Gasteiger partial charge in [0.25, 0.3) is 0 Å². The molecule has 0 heterocycles. The minimum atomic E-state index is -3.62. The lowest BCUT2D eigenvalue weighted by Crippen LogP contribution is -2.29. The molecule has 0 amide bonds. The van der Waals surface area contributed by atoms with Gasteiger partial charge in [0.2, 0.25) is 10.0 Å². The molecule has 0 bridgehead atoms. The predicted molar refractivity (Wildman–Crippen MR) is 87.8 cm³/mol. The van der Waals surface area contributed by atoms with Crippen LogP contribution in [-0.4, -0.2) is 32.9 Å². The van der Waals surface area contributed by atoms with E-state index in [9.17, 15) is 12.8 Å². The third-order valence-electron chi connectivity index (χ3n) is 3.22. The number of nitrogens with zero attached hydrogens (tertiary/aromatic N) is 1. The molecule has 0 aromatic heterocycles. The zero-order valence-corrected chi connectivity index (χ0v) is 14.1. The molecule has 0 saturated heterocycles. The molecule has 2 aromatic carbocycles. The van der Waals surface area contributed by atoms with Gasteiger partial charge in [0.15, 0.2) is 0 Å². The van der Waals surface area contributed by atoms with Crippen molar-refractivity contribution in [3.05, 3.63) is 59.4 Å². The van der Waals surface area contributed by atoms with Crippen LogP contribution in [0.1, 0.15) is 6.42 Å². The second-order valence-corrected chi connectivity index (χ2v) is 7.33. The SMILES string of the molecule is CN(CCCOc1ccc(F)cc1)S(=O)(=O)c1ccccc1Cl. The van der Waals surface area contributed by atoms with Crippen LogP contribution in [0.3, 0.4) is 0 Å². The summed E-state index contributed by atoms with van der Waals surface area (Å²) < 4.78 is 44.3. The van der Waals surface area contributed by atoms with Gasteiger partial charge in [0, 0.05) is 13.6 Å². The van der Waals surface area contributed by atoms with E-state index in [0.717, 1.165) is 0 Å². The van der Waals surface area contributed by atoms with E-state index in [-0.39, 0.29) is 22.3 Å². The average molecular weight is 358 g/mol. The molecular weight excluding hydrogens is 341 g/mol. The molecular formula is C16H17ClFNO3S. The van der Waals surface area contributed by atoms with Crippen LogP contribution in [0.25, 0.3) is 0 Å². The normalized spacial score (nSPS) is 11.7. The Balaban J connectivity index is 1.88. The number of rotatable bonds is 7. The Morgan fingerprint density at radius 2 is 1.78 bits per heavy atom. The molecule has 2 rings (SSSR count). The highest BCUT2D eigenvalue weighted by Crippen LogP contribution is 2.23. The highest BCUT2D eigenvalue weighted by molar-refractivity contribution is 7.89. The van der Waals surface area contributed by atoms with Gasteiger partial charge in [-0.1, -0.05) is 23.7 Å². The summed E-state index contributed by atoms with van der Waals surface area (Å²) in [6.07, 6.45) is 0.498. The van der Waals surface area contributed by atoms with Crippen LogP contribution >= 0.6 is 11.6 Å². The van der Waals surface area contributed by atoms with E-state index in [4.69, 9.17) is 16.3 Å². The van der Waals surface area contributed by atoms with Crippen LogP contribution in [0.15, 0.2) is 53.4 Å². The summed E-state index contributed by atoms with van der Waals surface area (Å²) in [5.41, 5.74) is 0. The van der Waals surface area contributed by atoms with Gasteiger partial charge in [-0.15, -0.1) is 0 Å².